The van der Waals surface area contributed by atoms with Gasteiger partial charge in [-0.15, -0.1) is 0 Å². The van der Waals surface area contributed by atoms with Gasteiger partial charge in [0.05, 0.1) is 22.2 Å². The molecule has 1 aromatic carbocycles. The molecule has 0 aromatic heterocycles. The molecule has 1 heterocycles. The van der Waals surface area contributed by atoms with Crippen molar-refractivity contribution in [2.75, 3.05) is 31.6 Å². The molecule has 0 radical (unpaired) electrons. The van der Waals surface area contributed by atoms with Crippen molar-refractivity contribution >= 4 is 33.3 Å². The highest BCUT2D eigenvalue weighted by Gasteiger charge is 2.26. The van der Waals surface area contributed by atoms with Gasteiger partial charge in [0.25, 0.3) is 0 Å². The van der Waals surface area contributed by atoms with Crippen molar-refractivity contribution in [2.24, 2.45) is 11.1 Å². The molecule has 1 fully saturated rings. The molecular formula is C15H22ClN3O4S. The van der Waals surface area contributed by atoms with Gasteiger partial charge in [0, 0.05) is 25.6 Å². The van der Waals surface area contributed by atoms with Crippen molar-refractivity contribution in [3.05, 3.63) is 23.2 Å². The number of primary sulfonamides is 1. The summed E-state index contributed by atoms with van der Waals surface area (Å²) < 4.78 is 28.3. The first-order valence-electron chi connectivity index (χ1n) is 7.77. The van der Waals surface area contributed by atoms with Gasteiger partial charge in [-0.05, 0) is 31.0 Å². The lowest BCUT2D eigenvalue weighted by Gasteiger charge is -2.18. The summed E-state index contributed by atoms with van der Waals surface area (Å²) in [6.07, 6.45) is 1.85. The number of hydrogen-bond acceptors (Lipinski definition) is 4. The molecule has 1 saturated heterocycles. The molecule has 1 aliphatic heterocycles. The molecular weight excluding hydrogens is 354 g/mol. The standard InChI is InChI=1S/C15H22ClN3O4S/c1-2-7-23-10-11-5-6-19(9-11)15(20)18-14-8-12(24(17,21)22)3-4-13(14)16/h3-4,8,11H,2,5-7,9-10H2,1H3,(H,18,20)(H2,17,21,22)/t11-/m1/s1. The number of nitrogens with two attached hydrogens (primary N) is 1. The number of carbonyl (C=O) groups is 1. The van der Waals surface area contributed by atoms with Crippen molar-refractivity contribution < 1.29 is 17.9 Å². The van der Waals surface area contributed by atoms with Crippen molar-refractivity contribution in [3.63, 3.8) is 0 Å². The first-order valence-corrected chi connectivity index (χ1v) is 9.69. The largest absolute Gasteiger partial charge is 0.381 e. The highest BCUT2D eigenvalue weighted by atomic mass is 35.5. The number of sulfonamides is 1. The fraction of sp³-hybridized carbons (Fsp3) is 0.533. The van der Waals surface area contributed by atoms with Crippen LogP contribution >= 0.6 is 11.6 Å². The first kappa shape index (κ1) is 19.0. The number of carbonyl (C=O) groups excluding carboxylic acids is 1. The van der Waals surface area contributed by atoms with Crippen LogP contribution in [0.2, 0.25) is 5.02 Å². The summed E-state index contributed by atoms with van der Waals surface area (Å²) in [5, 5.41) is 7.99. The van der Waals surface area contributed by atoms with Crippen LogP contribution in [0.3, 0.4) is 0 Å². The predicted molar refractivity (Wildman–Crippen MR) is 92.6 cm³/mol. The summed E-state index contributed by atoms with van der Waals surface area (Å²) in [6, 6.07) is 3.63. The molecule has 134 valence electrons. The highest BCUT2D eigenvalue weighted by molar-refractivity contribution is 7.89. The van der Waals surface area contributed by atoms with E-state index in [1.807, 2.05) is 6.92 Å². The summed E-state index contributed by atoms with van der Waals surface area (Å²) in [5.41, 5.74) is 0.221. The van der Waals surface area contributed by atoms with E-state index in [1.165, 1.54) is 18.2 Å². The molecule has 0 aliphatic carbocycles. The van der Waals surface area contributed by atoms with Gasteiger partial charge in [-0.2, -0.15) is 0 Å². The lowest BCUT2D eigenvalue weighted by molar-refractivity contribution is 0.103. The van der Waals surface area contributed by atoms with E-state index in [0.29, 0.717) is 25.6 Å². The van der Waals surface area contributed by atoms with Gasteiger partial charge in [-0.25, -0.2) is 18.4 Å². The molecule has 3 N–H and O–H groups in total. The summed E-state index contributed by atoms with van der Waals surface area (Å²) in [7, 11) is -3.86. The van der Waals surface area contributed by atoms with Crippen LogP contribution in [0.5, 0.6) is 0 Å². The molecule has 2 rings (SSSR count). The van der Waals surface area contributed by atoms with Gasteiger partial charge in [-0.1, -0.05) is 18.5 Å². The van der Waals surface area contributed by atoms with E-state index in [1.54, 1.807) is 4.90 Å². The van der Waals surface area contributed by atoms with Crippen LogP contribution in [0.1, 0.15) is 19.8 Å². The minimum Gasteiger partial charge on any atom is -0.381 e. The molecule has 0 unspecified atom stereocenters. The zero-order chi connectivity index (χ0) is 17.7. The fourth-order valence-electron chi connectivity index (χ4n) is 2.52. The van der Waals surface area contributed by atoms with Crippen LogP contribution in [0.15, 0.2) is 23.1 Å². The number of ether oxygens (including phenoxy) is 1. The van der Waals surface area contributed by atoms with E-state index in [4.69, 9.17) is 21.5 Å². The Hall–Kier alpha value is -1.35. The molecule has 9 heteroatoms. The number of likely N-dealkylation sites (tertiary alicyclic amines) is 1. The fourth-order valence-corrected chi connectivity index (χ4v) is 3.22. The van der Waals surface area contributed by atoms with Gasteiger partial charge >= 0.3 is 6.03 Å². The van der Waals surface area contributed by atoms with Crippen molar-refractivity contribution in [2.45, 2.75) is 24.7 Å². The third-order valence-corrected chi connectivity index (χ3v) is 5.02. The number of nitrogens with zero attached hydrogens (tertiary/aromatic N) is 1. The summed E-state index contributed by atoms with van der Waals surface area (Å²) in [6.45, 7) is 4.63. The van der Waals surface area contributed by atoms with Crippen LogP contribution < -0.4 is 10.5 Å². The van der Waals surface area contributed by atoms with Crippen molar-refractivity contribution in [1.82, 2.24) is 4.90 Å². The molecule has 1 atom stereocenters. The third kappa shape index (κ3) is 5.07. The number of nitrogens with one attached hydrogen (secondary N) is 1. The zero-order valence-electron chi connectivity index (χ0n) is 13.5. The summed E-state index contributed by atoms with van der Waals surface area (Å²) in [5.74, 6) is 0.313. The quantitative estimate of drug-likeness (QED) is 0.744. The van der Waals surface area contributed by atoms with E-state index < -0.39 is 10.0 Å². The zero-order valence-corrected chi connectivity index (χ0v) is 15.1. The maximum absolute atomic E-state index is 12.3. The molecule has 2 amide bonds. The Kier molecular flexibility index (Phi) is 6.45. The maximum Gasteiger partial charge on any atom is 0.321 e. The second kappa shape index (κ2) is 8.15. The number of benzene rings is 1. The van der Waals surface area contributed by atoms with Crippen LogP contribution in [0.4, 0.5) is 10.5 Å². The van der Waals surface area contributed by atoms with Crippen LogP contribution in [-0.2, 0) is 14.8 Å². The van der Waals surface area contributed by atoms with E-state index in [9.17, 15) is 13.2 Å². The van der Waals surface area contributed by atoms with Gasteiger partial charge in [-0.3, -0.25) is 0 Å². The van der Waals surface area contributed by atoms with E-state index in [0.717, 1.165) is 19.4 Å². The van der Waals surface area contributed by atoms with E-state index in [2.05, 4.69) is 5.32 Å². The normalized spacial score (nSPS) is 18.0. The molecule has 24 heavy (non-hydrogen) atoms. The first-order chi connectivity index (χ1) is 11.3. The molecule has 0 spiro atoms. The Morgan fingerprint density at radius 3 is 2.92 bits per heavy atom. The number of urea groups is 1. The molecule has 1 aliphatic rings. The lowest BCUT2D eigenvalue weighted by atomic mass is 10.1. The summed E-state index contributed by atoms with van der Waals surface area (Å²) >= 11 is 6.02. The van der Waals surface area contributed by atoms with Gasteiger partial charge in [0.2, 0.25) is 10.0 Å². The van der Waals surface area contributed by atoms with Gasteiger partial charge in [0.1, 0.15) is 0 Å². The van der Waals surface area contributed by atoms with Crippen molar-refractivity contribution in [1.29, 1.82) is 0 Å². The Labute approximate surface area is 147 Å². The maximum atomic E-state index is 12.3. The monoisotopic (exact) mass is 375 g/mol. The number of amides is 2. The number of hydrogen-bond donors (Lipinski definition) is 2. The number of rotatable bonds is 6. The van der Waals surface area contributed by atoms with E-state index in [-0.39, 0.29) is 21.6 Å². The Morgan fingerprint density at radius 2 is 2.25 bits per heavy atom. The third-order valence-electron chi connectivity index (χ3n) is 3.78. The summed E-state index contributed by atoms with van der Waals surface area (Å²) in [4.78, 5) is 13.9. The molecule has 7 nitrogen and oxygen atoms in total. The molecule has 1 aromatic rings. The Morgan fingerprint density at radius 1 is 1.50 bits per heavy atom. The predicted octanol–water partition coefficient (Wildman–Crippen LogP) is 2.27. The topological polar surface area (TPSA) is 102 Å². The average Bonchev–Trinajstić information content (AvgIpc) is 2.97. The van der Waals surface area contributed by atoms with Gasteiger partial charge in [0.15, 0.2) is 0 Å². The Balaban J connectivity index is 1.98. The molecule has 0 saturated carbocycles. The second-order valence-corrected chi connectivity index (χ2v) is 7.76. The number of halogens is 1. The second-order valence-electron chi connectivity index (χ2n) is 5.79. The Bertz CT molecular complexity index is 696. The lowest BCUT2D eigenvalue weighted by Crippen LogP contribution is -2.33. The van der Waals surface area contributed by atoms with Crippen LogP contribution in [0.25, 0.3) is 0 Å². The van der Waals surface area contributed by atoms with Crippen molar-refractivity contribution in [3.8, 4) is 0 Å². The highest BCUT2D eigenvalue weighted by Crippen LogP contribution is 2.26. The van der Waals surface area contributed by atoms with E-state index >= 15 is 0 Å². The SMILES string of the molecule is CCCOC[C@@H]1CCN(C(=O)Nc2cc(S(N)(=O)=O)ccc2Cl)C1. The smallest absolute Gasteiger partial charge is 0.321 e. The van der Waals surface area contributed by atoms with Crippen LogP contribution in [-0.4, -0.2) is 45.7 Å². The van der Waals surface area contributed by atoms with Gasteiger partial charge < -0.3 is 15.0 Å². The van der Waals surface area contributed by atoms with Crippen LogP contribution in [0, 0.1) is 5.92 Å². The average molecular weight is 376 g/mol. The minimum atomic E-state index is -3.86. The molecule has 0 bridgehead atoms. The minimum absolute atomic E-state index is 0.102. The number of anilines is 1.